The van der Waals surface area contributed by atoms with E-state index in [1.807, 2.05) is 0 Å². The molecule has 2 rings (SSSR count). The average molecular weight is 357 g/mol. The molecule has 0 heterocycles. The molecule has 0 saturated heterocycles. The first kappa shape index (κ1) is 17.0. The van der Waals surface area contributed by atoms with Crippen molar-refractivity contribution < 1.29 is 18.1 Å². The number of anilines is 1. The summed E-state index contributed by atoms with van der Waals surface area (Å²) in [5, 5.41) is 10.8. The summed E-state index contributed by atoms with van der Waals surface area (Å²) < 4.78 is 32.2. The molecule has 2 aromatic carbocycles. The molecule has 23 heavy (non-hydrogen) atoms. The van der Waals surface area contributed by atoms with Crippen LogP contribution in [0, 0.1) is 17.0 Å². The highest BCUT2D eigenvalue weighted by Gasteiger charge is 2.20. The van der Waals surface area contributed by atoms with Gasteiger partial charge in [-0.1, -0.05) is 11.6 Å². The van der Waals surface area contributed by atoms with Crippen molar-refractivity contribution in [1.29, 1.82) is 0 Å². The molecule has 9 heteroatoms. The van der Waals surface area contributed by atoms with Crippen LogP contribution < -0.4 is 9.46 Å². The van der Waals surface area contributed by atoms with Gasteiger partial charge in [-0.3, -0.25) is 14.8 Å². The van der Waals surface area contributed by atoms with Crippen molar-refractivity contribution in [1.82, 2.24) is 0 Å². The molecule has 2 aromatic rings. The molecule has 0 aliphatic carbocycles. The van der Waals surface area contributed by atoms with Gasteiger partial charge in [0.2, 0.25) is 0 Å². The maximum Gasteiger partial charge on any atom is 0.289 e. The van der Waals surface area contributed by atoms with Crippen LogP contribution in [0.4, 0.5) is 11.4 Å². The summed E-state index contributed by atoms with van der Waals surface area (Å²) in [7, 11) is -2.42. The van der Waals surface area contributed by atoms with Gasteiger partial charge < -0.3 is 4.74 Å². The number of ether oxygens (including phenoxy) is 1. The Morgan fingerprint density at radius 2 is 1.91 bits per heavy atom. The average Bonchev–Trinajstić information content (AvgIpc) is 2.48. The Morgan fingerprint density at radius 1 is 1.22 bits per heavy atom. The van der Waals surface area contributed by atoms with Crippen LogP contribution in [0.25, 0.3) is 0 Å². The number of rotatable bonds is 5. The van der Waals surface area contributed by atoms with E-state index in [1.165, 1.54) is 31.4 Å². The zero-order chi connectivity index (χ0) is 17.2. The molecule has 7 nitrogen and oxygen atoms in total. The van der Waals surface area contributed by atoms with Crippen molar-refractivity contribution in [2.24, 2.45) is 0 Å². The molecule has 0 aliphatic heterocycles. The van der Waals surface area contributed by atoms with Gasteiger partial charge >= 0.3 is 0 Å². The number of nitrogens with zero attached hydrogens (tertiary/aromatic N) is 1. The van der Waals surface area contributed by atoms with Crippen LogP contribution in [0.3, 0.4) is 0 Å². The summed E-state index contributed by atoms with van der Waals surface area (Å²) in [5.74, 6) is 0.531. The van der Waals surface area contributed by atoms with E-state index in [4.69, 9.17) is 16.3 Å². The molecule has 0 bridgehead atoms. The Morgan fingerprint density at radius 3 is 2.48 bits per heavy atom. The number of halogens is 1. The Balaban J connectivity index is 2.39. The van der Waals surface area contributed by atoms with Crippen LogP contribution in [-0.4, -0.2) is 20.5 Å². The van der Waals surface area contributed by atoms with Crippen LogP contribution in [0.2, 0.25) is 5.02 Å². The van der Waals surface area contributed by atoms with Crippen molar-refractivity contribution in [3.8, 4) is 5.75 Å². The third kappa shape index (κ3) is 3.72. The normalized spacial score (nSPS) is 11.1. The summed E-state index contributed by atoms with van der Waals surface area (Å²) in [6.07, 6.45) is 0. The lowest BCUT2D eigenvalue weighted by Gasteiger charge is -2.11. The first-order chi connectivity index (χ1) is 10.7. The molecular weight excluding hydrogens is 344 g/mol. The quantitative estimate of drug-likeness (QED) is 0.654. The lowest BCUT2D eigenvalue weighted by Crippen LogP contribution is -2.14. The number of benzene rings is 2. The predicted octanol–water partition coefficient (Wildman–Crippen LogP) is 3.37. The van der Waals surface area contributed by atoms with Gasteiger partial charge in [-0.05, 0) is 42.8 Å². The number of hydrogen-bond donors (Lipinski definition) is 1. The molecule has 0 unspecified atom stereocenters. The van der Waals surface area contributed by atoms with E-state index in [2.05, 4.69) is 4.72 Å². The largest absolute Gasteiger partial charge is 0.497 e. The molecule has 0 fully saturated rings. The van der Waals surface area contributed by atoms with E-state index >= 15 is 0 Å². The first-order valence-corrected chi connectivity index (χ1v) is 8.22. The van der Waals surface area contributed by atoms with E-state index in [9.17, 15) is 18.5 Å². The molecule has 1 N–H and O–H groups in total. The number of nitro groups is 1. The Bertz CT molecular complexity index is 867. The summed E-state index contributed by atoms with van der Waals surface area (Å²) in [6.45, 7) is 1.63. The van der Waals surface area contributed by atoms with Gasteiger partial charge in [-0.25, -0.2) is 8.42 Å². The van der Waals surface area contributed by atoms with Crippen LogP contribution in [0.5, 0.6) is 5.75 Å². The highest BCUT2D eigenvalue weighted by molar-refractivity contribution is 7.92. The Labute approximate surface area is 138 Å². The molecule has 0 radical (unpaired) electrons. The number of aryl methyl sites for hydroxylation is 1. The fourth-order valence-electron chi connectivity index (χ4n) is 1.98. The van der Waals surface area contributed by atoms with E-state index in [-0.39, 0.29) is 21.3 Å². The zero-order valence-electron chi connectivity index (χ0n) is 12.2. The molecule has 0 saturated carbocycles. The Kier molecular flexibility index (Phi) is 4.76. The van der Waals surface area contributed by atoms with E-state index in [0.29, 0.717) is 11.3 Å². The summed E-state index contributed by atoms with van der Waals surface area (Å²) in [4.78, 5) is 10.2. The minimum atomic E-state index is -3.90. The summed E-state index contributed by atoms with van der Waals surface area (Å²) >= 11 is 5.71. The van der Waals surface area contributed by atoms with Crippen LogP contribution >= 0.6 is 11.6 Å². The minimum Gasteiger partial charge on any atom is -0.497 e. The summed E-state index contributed by atoms with van der Waals surface area (Å²) in [5.41, 5.74) is 0.162. The fourth-order valence-corrected chi connectivity index (χ4v) is 3.44. The fraction of sp³-hybridized carbons (Fsp3) is 0.143. The molecule has 0 aromatic heterocycles. The maximum absolute atomic E-state index is 12.4. The molecule has 0 atom stereocenters. The van der Waals surface area contributed by atoms with Gasteiger partial charge in [-0.2, -0.15) is 0 Å². The zero-order valence-corrected chi connectivity index (χ0v) is 13.8. The first-order valence-electron chi connectivity index (χ1n) is 6.36. The summed E-state index contributed by atoms with van der Waals surface area (Å²) in [6, 6.07) is 8.19. The lowest BCUT2D eigenvalue weighted by atomic mass is 10.2. The van der Waals surface area contributed by atoms with Gasteiger partial charge in [0.05, 0.1) is 22.6 Å². The van der Waals surface area contributed by atoms with Crippen molar-refractivity contribution >= 4 is 33.0 Å². The molecule has 122 valence electrons. The lowest BCUT2D eigenvalue weighted by molar-refractivity contribution is -0.384. The third-order valence-corrected chi connectivity index (χ3v) is 4.93. The van der Waals surface area contributed by atoms with E-state index in [0.717, 1.165) is 6.07 Å². The van der Waals surface area contributed by atoms with Gasteiger partial charge in [0, 0.05) is 6.07 Å². The van der Waals surface area contributed by atoms with Gasteiger partial charge in [-0.15, -0.1) is 0 Å². The van der Waals surface area contributed by atoms with E-state index < -0.39 is 14.9 Å². The van der Waals surface area contributed by atoms with Gasteiger partial charge in [0.1, 0.15) is 10.8 Å². The maximum atomic E-state index is 12.4. The van der Waals surface area contributed by atoms with Crippen molar-refractivity contribution in [3.05, 3.63) is 57.1 Å². The third-order valence-electron chi connectivity index (χ3n) is 3.07. The van der Waals surface area contributed by atoms with Crippen LogP contribution in [-0.2, 0) is 10.0 Å². The Hall–Kier alpha value is -2.32. The smallest absolute Gasteiger partial charge is 0.289 e. The standard InChI is InChI=1S/C14H13ClN2O5S/c1-9-7-11(22-2)4-6-14(9)23(20,21)16-10-3-5-12(15)13(8-10)17(18)19/h3-8,16H,1-2H3. The van der Waals surface area contributed by atoms with Crippen molar-refractivity contribution in [2.45, 2.75) is 11.8 Å². The highest BCUT2D eigenvalue weighted by Crippen LogP contribution is 2.29. The SMILES string of the molecule is COc1ccc(S(=O)(=O)Nc2ccc(Cl)c([N+](=O)[O-])c2)c(C)c1. The monoisotopic (exact) mass is 356 g/mol. The molecule has 0 amide bonds. The van der Waals surface area contributed by atoms with Gasteiger partial charge in [0.15, 0.2) is 0 Å². The topological polar surface area (TPSA) is 98.5 Å². The molecular formula is C14H13ClN2O5S. The number of methoxy groups -OCH3 is 1. The number of nitrogens with one attached hydrogen (secondary N) is 1. The highest BCUT2D eigenvalue weighted by atomic mass is 35.5. The number of hydrogen-bond acceptors (Lipinski definition) is 5. The second-order valence-electron chi connectivity index (χ2n) is 4.66. The number of sulfonamides is 1. The molecule has 0 spiro atoms. The molecule has 0 aliphatic rings. The number of nitro benzene ring substituents is 1. The van der Waals surface area contributed by atoms with E-state index in [1.54, 1.807) is 13.0 Å². The minimum absolute atomic E-state index is 0.0518. The predicted molar refractivity (Wildman–Crippen MR) is 86.6 cm³/mol. The second kappa shape index (κ2) is 6.43. The second-order valence-corrected chi connectivity index (χ2v) is 6.72. The van der Waals surface area contributed by atoms with Crippen molar-refractivity contribution in [3.63, 3.8) is 0 Å². The van der Waals surface area contributed by atoms with Crippen LogP contribution in [0.1, 0.15) is 5.56 Å². The van der Waals surface area contributed by atoms with Crippen molar-refractivity contribution in [2.75, 3.05) is 11.8 Å². The van der Waals surface area contributed by atoms with Gasteiger partial charge in [0.25, 0.3) is 15.7 Å². The van der Waals surface area contributed by atoms with Crippen LogP contribution in [0.15, 0.2) is 41.3 Å².